The smallest absolute Gasteiger partial charge is 0.307 e. The van der Waals surface area contributed by atoms with Crippen molar-refractivity contribution in [3.05, 3.63) is 65.7 Å². The molecule has 0 saturated heterocycles. The van der Waals surface area contributed by atoms with E-state index in [-0.39, 0.29) is 11.3 Å². The molecular formula is C19H22N2O5S. The summed E-state index contributed by atoms with van der Waals surface area (Å²) in [5.41, 5.74) is 1.06. The predicted octanol–water partition coefficient (Wildman–Crippen LogP) is 1.97. The van der Waals surface area contributed by atoms with Crippen LogP contribution >= 0.6 is 0 Å². The van der Waals surface area contributed by atoms with Crippen LogP contribution in [0.15, 0.2) is 59.5 Å². The van der Waals surface area contributed by atoms with Crippen LogP contribution in [0.3, 0.4) is 0 Å². The molecule has 0 aliphatic rings. The molecule has 2 aromatic carbocycles. The maximum absolute atomic E-state index is 12.6. The Hall–Kier alpha value is -2.71. The first-order valence-corrected chi connectivity index (χ1v) is 9.65. The quantitative estimate of drug-likeness (QED) is 0.730. The Morgan fingerprint density at radius 2 is 1.63 bits per heavy atom. The van der Waals surface area contributed by atoms with Crippen LogP contribution in [-0.2, 0) is 19.6 Å². The second-order valence-corrected chi connectivity index (χ2v) is 8.18. The van der Waals surface area contributed by atoms with Crippen molar-refractivity contribution in [2.75, 3.05) is 21.2 Å². The van der Waals surface area contributed by atoms with Crippen molar-refractivity contribution in [3.63, 3.8) is 0 Å². The zero-order chi connectivity index (χ0) is 20.0. The molecule has 0 saturated carbocycles. The third-order valence-electron chi connectivity index (χ3n) is 4.00. The molecule has 1 atom stereocenters. The Bertz CT molecular complexity index is 893. The van der Waals surface area contributed by atoms with Crippen molar-refractivity contribution >= 4 is 21.9 Å². The van der Waals surface area contributed by atoms with Crippen LogP contribution < -0.4 is 5.32 Å². The van der Waals surface area contributed by atoms with Gasteiger partial charge in [0.1, 0.15) is 0 Å². The van der Waals surface area contributed by atoms with Gasteiger partial charge >= 0.3 is 5.97 Å². The van der Waals surface area contributed by atoms with Crippen molar-refractivity contribution in [2.24, 2.45) is 0 Å². The molecule has 1 amide bonds. The largest absolute Gasteiger partial charge is 0.469 e. The highest BCUT2D eigenvalue weighted by Crippen LogP contribution is 2.19. The number of carbonyl (C=O) groups excluding carboxylic acids is 2. The number of amides is 1. The number of methoxy groups -OCH3 is 1. The lowest BCUT2D eigenvalue weighted by molar-refractivity contribution is -0.141. The van der Waals surface area contributed by atoms with Gasteiger partial charge in [-0.3, -0.25) is 9.59 Å². The number of esters is 1. The third kappa shape index (κ3) is 5.15. The molecule has 8 heteroatoms. The number of benzene rings is 2. The van der Waals surface area contributed by atoms with E-state index >= 15 is 0 Å². The van der Waals surface area contributed by atoms with Crippen molar-refractivity contribution < 1.29 is 22.7 Å². The predicted molar refractivity (Wildman–Crippen MR) is 101 cm³/mol. The molecule has 0 bridgehead atoms. The van der Waals surface area contributed by atoms with E-state index in [9.17, 15) is 18.0 Å². The molecule has 27 heavy (non-hydrogen) atoms. The molecule has 0 radical (unpaired) electrons. The molecule has 0 spiro atoms. The zero-order valence-electron chi connectivity index (χ0n) is 15.4. The van der Waals surface area contributed by atoms with Crippen molar-refractivity contribution in [1.82, 2.24) is 9.62 Å². The fourth-order valence-electron chi connectivity index (χ4n) is 2.42. The fourth-order valence-corrected chi connectivity index (χ4v) is 3.32. The summed E-state index contributed by atoms with van der Waals surface area (Å²) in [5, 5.41) is 2.80. The number of nitrogens with zero attached hydrogens (tertiary/aromatic N) is 1. The van der Waals surface area contributed by atoms with Gasteiger partial charge in [-0.2, -0.15) is 0 Å². The summed E-state index contributed by atoms with van der Waals surface area (Å²) < 4.78 is 30.0. The van der Waals surface area contributed by atoms with E-state index in [1.165, 1.54) is 45.5 Å². The Morgan fingerprint density at radius 3 is 2.15 bits per heavy atom. The van der Waals surface area contributed by atoms with E-state index in [2.05, 4.69) is 5.32 Å². The molecule has 0 aromatic heterocycles. The van der Waals surface area contributed by atoms with Crippen molar-refractivity contribution in [2.45, 2.75) is 17.4 Å². The van der Waals surface area contributed by atoms with Crippen molar-refractivity contribution in [3.8, 4) is 0 Å². The molecule has 1 N–H and O–H groups in total. The second-order valence-electron chi connectivity index (χ2n) is 6.03. The van der Waals surface area contributed by atoms with E-state index in [1.807, 2.05) is 18.2 Å². The summed E-state index contributed by atoms with van der Waals surface area (Å²) in [6, 6.07) is 14.1. The standard InChI is InChI=1S/C19H22N2O5S/c1-21(2)27(24,25)16-11-9-15(10-12-16)19(23)20-17(13-18(22)26-3)14-7-5-4-6-8-14/h4-12,17H,13H2,1-3H3,(H,20,23)/t17-/m1/s1. The molecule has 7 nitrogen and oxygen atoms in total. The van der Waals surface area contributed by atoms with Gasteiger partial charge in [-0.25, -0.2) is 12.7 Å². The summed E-state index contributed by atoms with van der Waals surface area (Å²) in [6.07, 6.45) is -0.0145. The summed E-state index contributed by atoms with van der Waals surface area (Å²) in [5.74, 6) is -0.863. The van der Waals surface area contributed by atoms with Crippen LogP contribution in [0.4, 0.5) is 0 Å². The first kappa shape index (κ1) is 20.6. The highest BCUT2D eigenvalue weighted by molar-refractivity contribution is 7.89. The Labute approximate surface area is 159 Å². The van der Waals surface area contributed by atoms with E-state index < -0.39 is 27.9 Å². The van der Waals surface area contributed by atoms with E-state index in [0.29, 0.717) is 5.56 Å². The number of hydrogen-bond donors (Lipinski definition) is 1. The van der Waals surface area contributed by atoms with Gasteiger partial charge in [0.25, 0.3) is 5.91 Å². The molecule has 0 fully saturated rings. The number of hydrogen-bond acceptors (Lipinski definition) is 5. The first-order chi connectivity index (χ1) is 12.8. The lowest BCUT2D eigenvalue weighted by atomic mass is 10.0. The summed E-state index contributed by atoms with van der Waals surface area (Å²) in [7, 11) is 0.599. The third-order valence-corrected chi connectivity index (χ3v) is 5.83. The number of rotatable bonds is 7. The topological polar surface area (TPSA) is 92.8 Å². The number of ether oxygens (including phenoxy) is 1. The maximum atomic E-state index is 12.6. The minimum atomic E-state index is -3.56. The zero-order valence-corrected chi connectivity index (χ0v) is 16.2. The fraction of sp³-hybridized carbons (Fsp3) is 0.263. The average molecular weight is 390 g/mol. The number of nitrogens with one attached hydrogen (secondary N) is 1. The van der Waals surface area contributed by atoms with Crippen LogP contribution in [0, 0.1) is 0 Å². The summed E-state index contributed by atoms with van der Waals surface area (Å²) >= 11 is 0. The van der Waals surface area contributed by atoms with Crippen LogP contribution in [0.1, 0.15) is 28.4 Å². The Morgan fingerprint density at radius 1 is 1.04 bits per heavy atom. The normalized spacial score (nSPS) is 12.4. The average Bonchev–Trinajstić information content (AvgIpc) is 2.67. The molecule has 144 valence electrons. The first-order valence-electron chi connectivity index (χ1n) is 8.21. The number of carbonyl (C=O) groups is 2. The van der Waals surface area contributed by atoms with E-state index in [4.69, 9.17) is 4.74 Å². The SMILES string of the molecule is COC(=O)C[C@@H](NC(=O)c1ccc(S(=O)(=O)N(C)C)cc1)c1ccccc1. The van der Waals surface area contributed by atoms with Crippen LogP contribution in [0.5, 0.6) is 0 Å². The van der Waals surface area contributed by atoms with Gasteiger partial charge in [-0.05, 0) is 29.8 Å². The van der Waals surface area contributed by atoms with Gasteiger partial charge in [-0.1, -0.05) is 30.3 Å². The van der Waals surface area contributed by atoms with Crippen LogP contribution in [-0.4, -0.2) is 45.8 Å². The summed E-state index contributed by atoms with van der Waals surface area (Å²) in [6.45, 7) is 0. The van der Waals surface area contributed by atoms with Crippen LogP contribution in [0.2, 0.25) is 0 Å². The van der Waals surface area contributed by atoms with Crippen molar-refractivity contribution in [1.29, 1.82) is 0 Å². The molecule has 2 rings (SSSR count). The summed E-state index contributed by atoms with van der Waals surface area (Å²) in [4.78, 5) is 24.4. The van der Waals surface area contributed by atoms with E-state index in [0.717, 1.165) is 9.87 Å². The molecule has 0 heterocycles. The molecular weight excluding hydrogens is 368 g/mol. The second kappa shape index (κ2) is 8.79. The van der Waals surface area contributed by atoms with Gasteiger partial charge in [0.05, 0.1) is 24.5 Å². The highest BCUT2D eigenvalue weighted by atomic mass is 32.2. The van der Waals surface area contributed by atoms with E-state index in [1.54, 1.807) is 12.1 Å². The Kier molecular flexibility index (Phi) is 6.70. The van der Waals surface area contributed by atoms with Gasteiger partial charge < -0.3 is 10.1 Å². The minimum Gasteiger partial charge on any atom is -0.469 e. The monoisotopic (exact) mass is 390 g/mol. The molecule has 0 aliphatic heterocycles. The highest BCUT2D eigenvalue weighted by Gasteiger charge is 2.21. The minimum absolute atomic E-state index is 0.0145. The Balaban J connectivity index is 2.21. The molecule has 0 aliphatic carbocycles. The lowest BCUT2D eigenvalue weighted by Crippen LogP contribution is -2.30. The van der Waals surface area contributed by atoms with Gasteiger partial charge in [0.2, 0.25) is 10.0 Å². The number of sulfonamides is 1. The van der Waals surface area contributed by atoms with Crippen LogP contribution in [0.25, 0.3) is 0 Å². The lowest BCUT2D eigenvalue weighted by Gasteiger charge is -2.18. The maximum Gasteiger partial charge on any atom is 0.307 e. The molecule has 2 aromatic rings. The van der Waals surface area contributed by atoms with Gasteiger partial charge in [0.15, 0.2) is 0 Å². The van der Waals surface area contributed by atoms with Gasteiger partial charge in [-0.15, -0.1) is 0 Å². The molecule has 0 unspecified atom stereocenters. The van der Waals surface area contributed by atoms with Gasteiger partial charge in [0, 0.05) is 19.7 Å².